The first kappa shape index (κ1) is 21.9. The van der Waals surface area contributed by atoms with Crippen LogP contribution in [0.3, 0.4) is 0 Å². The lowest BCUT2D eigenvalue weighted by Crippen LogP contribution is -2.17. The molecule has 0 bridgehead atoms. The van der Waals surface area contributed by atoms with E-state index in [1.165, 1.54) is 11.1 Å². The topological polar surface area (TPSA) is 16.1 Å². The van der Waals surface area contributed by atoms with E-state index in [0.717, 1.165) is 36.9 Å². The largest absolute Gasteiger partial charge is 0.377 e. The summed E-state index contributed by atoms with van der Waals surface area (Å²) in [4.78, 5) is 6.21. The van der Waals surface area contributed by atoms with E-state index in [0.29, 0.717) is 5.57 Å². The quantitative estimate of drug-likeness (QED) is 0.364. The molecule has 0 aliphatic heterocycles. The minimum Gasteiger partial charge on any atom is -0.377 e. The molecule has 0 unspecified atom stereocenters. The summed E-state index contributed by atoms with van der Waals surface area (Å²) in [6.07, 6.45) is 12.0. The monoisotopic (exact) mass is 382 g/mol. The minimum absolute atomic E-state index is 0. The number of rotatable bonds is 9. The maximum absolute atomic E-state index is 14.4. The van der Waals surface area contributed by atoms with Crippen LogP contribution < -0.4 is 0 Å². The lowest BCUT2D eigenvalue weighted by Gasteiger charge is -2.22. The first-order valence-corrected chi connectivity index (χ1v) is 10.0. The third kappa shape index (κ3) is 6.63. The number of benzene rings is 1. The summed E-state index contributed by atoms with van der Waals surface area (Å²) >= 11 is 0. The highest BCUT2D eigenvalue weighted by molar-refractivity contribution is 5.67. The Bertz CT molecular complexity index is 788. The van der Waals surface area contributed by atoms with Gasteiger partial charge in [-0.3, -0.25) is 4.98 Å². The van der Waals surface area contributed by atoms with Gasteiger partial charge in [-0.15, -0.1) is 0 Å². The number of hydrogen-bond donors (Lipinski definition) is 0. The van der Waals surface area contributed by atoms with Crippen LogP contribution in [0, 0.1) is 0 Å². The number of alkyl halides is 1. The molecule has 2 rings (SSSR count). The lowest BCUT2D eigenvalue weighted by atomic mass is 9.96. The summed E-state index contributed by atoms with van der Waals surface area (Å²) in [6, 6.07) is 12.8. The molecule has 0 amide bonds. The van der Waals surface area contributed by atoms with Crippen molar-refractivity contribution < 1.29 is 5.82 Å². The second kappa shape index (κ2) is 10.2. The molecule has 0 saturated heterocycles. The molecule has 1 aromatic carbocycles. The molecule has 0 spiro atoms. The van der Waals surface area contributed by atoms with Crippen molar-refractivity contribution in [3.05, 3.63) is 83.2 Å². The Labute approximate surface area is 171 Å². The first-order chi connectivity index (χ1) is 13.3. The number of aromatic nitrogens is 1. The lowest BCUT2D eigenvalue weighted by molar-refractivity contribution is 0.273. The molecule has 1 aromatic heterocycles. The number of aryl methyl sites for hydroxylation is 2. The van der Waals surface area contributed by atoms with Crippen LogP contribution in [0.15, 0.2) is 66.5 Å². The van der Waals surface area contributed by atoms with Gasteiger partial charge in [0.2, 0.25) is 0 Å². The Morgan fingerprint density at radius 1 is 1.07 bits per heavy atom. The summed E-state index contributed by atoms with van der Waals surface area (Å²) < 4.78 is 14.4. The Balaban J connectivity index is 0.00000420. The van der Waals surface area contributed by atoms with Gasteiger partial charge in [0.25, 0.3) is 0 Å². The number of allylic oxidation sites excluding steroid dienone is 3. The van der Waals surface area contributed by atoms with Gasteiger partial charge < -0.3 is 4.90 Å². The van der Waals surface area contributed by atoms with Gasteiger partial charge in [0.15, 0.2) is 0 Å². The van der Waals surface area contributed by atoms with Crippen LogP contribution in [0.1, 0.15) is 51.7 Å². The van der Waals surface area contributed by atoms with Gasteiger partial charge >= 0.3 is 0 Å². The van der Waals surface area contributed by atoms with Crippen LogP contribution in [-0.2, 0) is 12.8 Å². The smallest absolute Gasteiger partial charge is 0.130 e. The normalized spacial score (nSPS) is 12.9. The molecule has 0 saturated carbocycles. The Hall–Kier alpha value is -2.42. The number of halogens is 1. The zero-order valence-electron chi connectivity index (χ0n) is 17.9. The number of hydrogen-bond acceptors (Lipinski definition) is 2. The van der Waals surface area contributed by atoms with Gasteiger partial charge in [-0.1, -0.05) is 36.4 Å². The third-order valence-electron chi connectivity index (χ3n) is 4.92. The number of unbranched alkanes of at least 4 members (excludes halogenated alkanes) is 1. The van der Waals surface area contributed by atoms with Gasteiger partial charge in [0.1, 0.15) is 5.67 Å². The van der Waals surface area contributed by atoms with E-state index in [9.17, 15) is 4.39 Å². The molecule has 152 valence electrons. The van der Waals surface area contributed by atoms with Crippen LogP contribution in [0.4, 0.5) is 4.39 Å². The summed E-state index contributed by atoms with van der Waals surface area (Å²) in [6.45, 7) is 5.08. The van der Waals surface area contributed by atoms with Crippen LogP contribution in [-0.4, -0.2) is 29.6 Å². The first-order valence-electron chi connectivity index (χ1n) is 10.0. The van der Waals surface area contributed by atoms with Gasteiger partial charge in [-0.05, 0) is 80.9 Å². The van der Waals surface area contributed by atoms with E-state index < -0.39 is 5.67 Å². The molecule has 0 aliphatic carbocycles. The zero-order chi connectivity index (χ0) is 20.6. The maximum Gasteiger partial charge on any atom is 0.130 e. The number of pyridine rings is 1. The fraction of sp³-hybridized carbons (Fsp3) is 0.400. The van der Waals surface area contributed by atoms with Gasteiger partial charge in [-0.25, -0.2) is 4.39 Å². The average Bonchev–Trinajstić information content (AvgIpc) is 2.66. The van der Waals surface area contributed by atoms with E-state index in [1.54, 1.807) is 13.8 Å². The Morgan fingerprint density at radius 3 is 2.21 bits per heavy atom. The van der Waals surface area contributed by atoms with Crippen LogP contribution in [0.5, 0.6) is 0 Å². The van der Waals surface area contributed by atoms with Crippen molar-refractivity contribution >= 4 is 5.70 Å². The fourth-order valence-corrected chi connectivity index (χ4v) is 3.26. The van der Waals surface area contributed by atoms with E-state index in [2.05, 4.69) is 35.3 Å². The van der Waals surface area contributed by atoms with E-state index in [4.69, 9.17) is 0 Å². The van der Waals surface area contributed by atoms with Crippen LogP contribution in [0.2, 0.25) is 0 Å². The van der Waals surface area contributed by atoms with E-state index in [-0.39, 0.29) is 1.43 Å². The molecular weight excluding hydrogens is 347 g/mol. The SMILES string of the molecule is C/C=C(\C=C(\c1ccc(CCCCc2cccnc2)cc1)N(C)C)C(C)(C)F.[HH]. The second-order valence-electron chi connectivity index (χ2n) is 7.91. The van der Waals surface area contributed by atoms with Crippen LogP contribution in [0.25, 0.3) is 5.70 Å². The molecule has 2 nitrogen and oxygen atoms in total. The predicted octanol–water partition coefficient (Wildman–Crippen LogP) is 6.49. The molecule has 1 heterocycles. The molecule has 0 radical (unpaired) electrons. The minimum atomic E-state index is -1.36. The van der Waals surface area contributed by atoms with Crippen molar-refractivity contribution in [1.82, 2.24) is 9.88 Å². The van der Waals surface area contributed by atoms with Gasteiger partial charge in [0.05, 0.1) is 0 Å². The Morgan fingerprint density at radius 2 is 1.71 bits per heavy atom. The summed E-state index contributed by atoms with van der Waals surface area (Å²) in [5.74, 6) is 0. The van der Waals surface area contributed by atoms with Crippen molar-refractivity contribution in [2.24, 2.45) is 0 Å². The molecular formula is C25H35FN2. The van der Waals surface area contributed by atoms with Crippen molar-refractivity contribution in [3.63, 3.8) is 0 Å². The summed E-state index contributed by atoms with van der Waals surface area (Å²) in [5, 5.41) is 0. The van der Waals surface area contributed by atoms with Crippen molar-refractivity contribution in [2.45, 2.75) is 52.1 Å². The second-order valence-corrected chi connectivity index (χ2v) is 7.91. The summed E-state index contributed by atoms with van der Waals surface area (Å²) in [7, 11) is 3.99. The highest BCUT2D eigenvalue weighted by atomic mass is 19.1. The summed E-state index contributed by atoms with van der Waals surface area (Å²) in [5.41, 5.74) is 4.09. The highest BCUT2D eigenvalue weighted by Gasteiger charge is 2.20. The van der Waals surface area contributed by atoms with Gasteiger partial charge in [-0.2, -0.15) is 0 Å². The fourth-order valence-electron chi connectivity index (χ4n) is 3.26. The molecule has 2 aromatic rings. The molecule has 0 atom stereocenters. The molecule has 0 fully saturated rings. The molecule has 3 heteroatoms. The Kier molecular flexibility index (Phi) is 7.98. The van der Waals surface area contributed by atoms with Gasteiger partial charge in [0, 0.05) is 33.6 Å². The van der Waals surface area contributed by atoms with E-state index in [1.807, 2.05) is 56.5 Å². The average molecular weight is 383 g/mol. The zero-order valence-corrected chi connectivity index (χ0v) is 17.9. The number of nitrogens with zero attached hydrogens (tertiary/aromatic N) is 2. The van der Waals surface area contributed by atoms with Crippen molar-refractivity contribution in [1.29, 1.82) is 0 Å². The highest BCUT2D eigenvalue weighted by Crippen LogP contribution is 2.27. The molecule has 0 aliphatic rings. The predicted molar refractivity (Wildman–Crippen MR) is 120 cm³/mol. The molecule has 0 N–H and O–H groups in total. The van der Waals surface area contributed by atoms with Crippen molar-refractivity contribution in [3.8, 4) is 0 Å². The van der Waals surface area contributed by atoms with E-state index >= 15 is 0 Å². The maximum atomic E-state index is 14.4. The van der Waals surface area contributed by atoms with Crippen LogP contribution >= 0.6 is 0 Å². The third-order valence-corrected chi connectivity index (χ3v) is 4.92. The van der Waals surface area contributed by atoms with Crippen molar-refractivity contribution in [2.75, 3.05) is 14.1 Å². The molecule has 28 heavy (non-hydrogen) atoms. The standard InChI is InChI=1S/C25H33FN2.H2/c1-6-23(25(2,3)26)18-24(28(4)5)22-15-13-20(14-16-22)10-7-8-11-21-12-9-17-27-19-21;/h6,9,12-19H,7-8,10-11H2,1-5H3;1H/b23-6+,24-18-;.